The smallest absolute Gasteiger partial charge is 0.243 e. The third-order valence-corrected chi connectivity index (χ3v) is 5.55. The Hall–Kier alpha value is -0.950. The van der Waals surface area contributed by atoms with E-state index in [4.69, 9.17) is 4.74 Å². The molecule has 1 aromatic carbocycles. The first-order valence-electron chi connectivity index (χ1n) is 6.81. The summed E-state index contributed by atoms with van der Waals surface area (Å²) in [4.78, 5) is 0.240. The van der Waals surface area contributed by atoms with Crippen LogP contribution in [0.25, 0.3) is 0 Å². The van der Waals surface area contributed by atoms with Gasteiger partial charge in [-0.15, -0.1) is 0 Å². The monoisotopic (exact) mass is 299 g/mol. The molecule has 1 fully saturated rings. The summed E-state index contributed by atoms with van der Waals surface area (Å²) in [6, 6.07) is 4.89. The van der Waals surface area contributed by atoms with Crippen molar-refractivity contribution in [1.82, 2.24) is 4.31 Å². The largest absolute Gasteiger partial charge is 0.392 e. The number of aryl methyl sites for hydroxylation is 1. The maximum absolute atomic E-state index is 12.6. The number of sulfonamides is 1. The molecule has 0 saturated carbocycles. The summed E-state index contributed by atoms with van der Waals surface area (Å²) in [6.07, 6.45) is 0.753. The first-order chi connectivity index (χ1) is 9.48. The van der Waals surface area contributed by atoms with Crippen molar-refractivity contribution < 1.29 is 18.3 Å². The van der Waals surface area contributed by atoms with Crippen LogP contribution in [0.4, 0.5) is 0 Å². The van der Waals surface area contributed by atoms with Crippen molar-refractivity contribution >= 4 is 10.0 Å². The van der Waals surface area contributed by atoms with Gasteiger partial charge >= 0.3 is 0 Å². The molecule has 0 bridgehead atoms. The standard InChI is InChI=1S/C14H21NO4S/c1-3-13-9-15(6-7-19-13)20(17,18)14-5-4-11(2)12(8-14)10-16/h4-5,8,13,16H,3,6-7,9-10H2,1-2H3. The number of hydrogen-bond acceptors (Lipinski definition) is 4. The molecule has 20 heavy (non-hydrogen) atoms. The molecule has 0 amide bonds. The van der Waals surface area contributed by atoms with E-state index in [1.54, 1.807) is 18.2 Å². The molecule has 0 spiro atoms. The average molecular weight is 299 g/mol. The minimum absolute atomic E-state index is 0.0405. The predicted octanol–water partition coefficient (Wildman–Crippen LogP) is 1.29. The van der Waals surface area contributed by atoms with Crippen LogP contribution in [-0.4, -0.2) is 43.6 Å². The van der Waals surface area contributed by atoms with Crippen molar-refractivity contribution in [3.8, 4) is 0 Å². The highest BCUT2D eigenvalue weighted by molar-refractivity contribution is 7.89. The fourth-order valence-electron chi connectivity index (χ4n) is 2.29. The number of aliphatic hydroxyl groups is 1. The lowest BCUT2D eigenvalue weighted by Gasteiger charge is -2.31. The predicted molar refractivity (Wildman–Crippen MR) is 75.9 cm³/mol. The van der Waals surface area contributed by atoms with Crippen LogP contribution >= 0.6 is 0 Å². The molecular formula is C14H21NO4S. The average Bonchev–Trinajstić information content (AvgIpc) is 2.47. The number of hydrogen-bond donors (Lipinski definition) is 1. The van der Waals surface area contributed by atoms with Crippen molar-refractivity contribution in [2.24, 2.45) is 0 Å². The Labute approximate surface area is 120 Å². The van der Waals surface area contributed by atoms with Crippen LogP contribution in [0.15, 0.2) is 23.1 Å². The normalized spacial score (nSPS) is 21.1. The molecule has 112 valence electrons. The third-order valence-electron chi connectivity index (χ3n) is 3.69. The SMILES string of the molecule is CCC1CN(S(=O)(=O)c2ccc(C)c(CO)c2)CCO1. The molecule has 1 aromatic rings. The van der Waals surface area contributed by atoms with Gasteiger partial charge < -0.3 is 9.84 Å². The first-order valence-corrected chi connectivity index (χ1v) is 8.25. The molecular weight excluding hydrogens is 278 g/mol. The second-order valence-electron chi connectivity index (χ2n) is 5.01. The second-order valence-corrected chi connectivity index (χ2v) is 6.95. The number of rotatable bonds is 4. The molecule has 1 aliphatic heterocycles. The van der Waals surface area contributed by atoms with E-state index in [0.717, 1.165) is 12.0 Å². The zero-order valence-corrected chi connectivity index (χ0v) is 12.7. The van der Waals surface area contributed by atoms with Crippen LogP contribution < -0.4 is 0 Å². The van der Waals surface area contributed by atoms with Crippen LogP contribution in [0, 0.1) is 6.92 Å². The van der Waals surface area contributed by atoms with Crippen LogP contribution in [0.2, 0.25) is 0 Å². The zero-order chi connectivity index (χ0) is 14.8. The van der Waals surface area contributed by atoms with Gasteiger partial charge in [-0.3, -0.25) is 0 Å². The van der Waals surface area contributed by atoms with Gasteiger partial charge in [0, 0.05) is 13.1 Å². The van der Waals surface area contributed by atoms with E-state index in [1.165, 1.54) is 4.31 Å². The number of morpholine rings is 1. The topological polar surface area (TPSA) is 66.8 Å². The minimum atomic E-state index is -3.51. The fourth-order valence-corrected chi connectivity index (χ4v) is 3.79. The molecule has 2 rings (SSSR count). The van der Waals surface area contributed by atoms with Crippen molar-refractivity contribution in [3.05, 3.63) is 29.3 Å². The summed E-state index contributed by atoms with van der Waals surface area (Å²) in [6.45, 7) is 4.87. The van der Waals surface area contributed by atoms with E-state index in [9.17, 15) is 13.5 Å². The Morgan fingerprint density at radius 3 is 2.85 bits per heavy atom. The van der Waals surface area contributed by atoms with Gasteiger partial charge in [-0.05, 0) is 36.6 Å². The third kappa shape index (κ3) is 3.03. The Kier molecular flexibility index (Phi) is 4.80. The van der Waals surface area contributed by atoms with Crippen molar-refractivity contribution in [2.45, 2.75) is 37.9 Å². The molecule has 0 radical (unpaired) electrons. The Morgan fingerprint density at radius 1 is 1.45 bits per heavy atom. The second kappa shape index (κ2) is 6.22. The minimum Gasteiger partial charge on any atom is -0.392 e. The van der Waals surface area contributed by atoms with Crippen molar-refractivity contribution in [1.29, 1.82) is 0 Å². The van der Waals surface area contributed by atoms with Gasteiger partial charge in [0.05, 0.1) is 24.2 Å². The number of benzene rings is 1. The van der Waals surface area contributed by atoms with Gasteiger partial charge in [0.1, 0.15) is 0 Å². The molecule has 1 unspecified atom stereocenters. The molecule has 1 aliphatic rings. The maximum atomic E-state index is 12.6. The summed E-state index contributed by atoms with van der Waals surface area (Å²) in [7, 11) is -3.51. The van der Waals surface area contributed by atoms with Gasteiger partial charge in [-0.1, -0.05) is 13.0 Å². The van der Waals surface area contributed by atoms with Gasteiger partial charge in [0.15, 0.2) is 0 Å². The molecule has 0 aromatic heterocycles. The highest BCUT2D eigenvalue weighted by Gasteiger charge is 2.30. The summed E-state index contributed by atoms with van der Waals surface area (Å²) in [5.41, 5.74) is 1.53. The Morgan fingerprint density at radius 2 is 2.20 bits per heavy atom. The summed E-state index contributed by atoms with van der Waals surface area (Å²) < 4.78 is 32.2. The van der Waals surface area contributed by atoms with Crippen LogP contribution in [0.3, 0.4) is 0 Å². The lowest BCUT2D eigenvalue weighted by atomic mass is 10.1. The van der Waals surface area contributed by atoms with E-state index in [0.29, 0.717) is 25.3 Å². The number of aliphatic hydroxyl groups excluding tert-OH is 1. The molecule has 1 N–H and O–H groups in total. The maximum Gasteiger partial charge on any atom is 0.243 e. The van der Waals surface area contributed by atoms with Gasteiger partial charge in [-0.2, -0.15) is 4.31 Å². The van der Waals surface area contributed by atoms with Gasteiger partial charge in [-0.25, -0.2) is 8.42 Å². The quantitative estimate of drug-likeness (QED) is 0.909. The van der Waals surface area contributed by atoms with Gasteiger partial charge in [0.2, 0.25) is 10.0 Å². The molecule has 0 aliphatic carbocycles. The summed E-state index contributed by atoms with van der Waals surface area (Å²) >= 11 is 0. The highest BCUT2D eigenvalue weighted by Crippen LogP contribution is 2.22. The van der Waals surface area contributed by atoms with E-state index >= 15 is 0 Å². The lowest BCUT2D eigenvalue weighted by molar-refractivity contribution is -0.00278. The van der Waals surface area contributed by atoms with E-state index in [2.05, 4.69) is 0 Å². The molecule has 1 atom stereocenters. The fraction of sp³-hybridized carbons (Fsp3) is 0.571. The summed E-state index contributed by atoms with van der Waals surface area (Å²) in [5.74, 6) is 0. The van der Waals surface area contributed by atoms with Crippen LogP contribution in [0.5, 0.6) is 0 Å². The van der Waals surface area contributed by atoms with Crippen LogP contribution in [0.1, 0.15) is 24.5 Å². The molecule has 1 saturated heterocycles. The first kappa shape index (κ1) is 15.4. The zero-order valence-electron chi connectivity index (χ0n) is 11.9. The van der Waals surface area contributed by atoms with Crippen LogP contribution in [-0.2, 0) is 21.4 Å². The van der Waals surface area contributed by atoms with E-state index in [-0.39, 0.29) is 17.6 Å². The summed E-state index contributed by atoms with van der Waals surface area (Å²) in [5, 5.41) is 9.27. The lowest BCUT2D eigenvalue weighted by Crippen LogP contribution is -2.45. The number of nitrogens with zero attached hydrogens (tertiary/aromatic N) is 1. The van der Waals surface area contributed by atoms with Gasteiger partial charge in [0.25, 0.3) is 0 Å². The number of ether oxygens (including phenoxy) is 1. The van der Waals surface area contributed by atoms with E-state index < -0.39 is 10.0 Å². The Balaban J connectivity index is 2.30. The molecule has 5 nitrogen and oxygen atoms in total. The van der Waals surface area contributed by atoms with Crippen molar-refractivity contribution in [2.75, 3.05) is 19.7 Å². The molecule has 6 heteroatoms. The van der Waals surface area contributed by atoms with Crippen molar-refractivity contribution in [3.63, 3.8) is 0 Å². The van der Waals surface area contributed by atoms with E-state index in [1.807, 2.05) is 13.8 Å². The Bertz CT molecular complexity index is 571. The molecule has 1 heterocycles. The highest BCUT2D eigenvalue weighted by atomic mass is 32.2.